The molecule has 2 aliphatic rings. The second-order valence-electron chi connectivity index (χ2n) is 6.80. The molecular formula is C17H28N4O2. The SMILES string of the molecule is Cc1nn(C)c(C)c1OCC(=O)N1CCCC1CN1CCCC1. The summed E-state index contributed by atoms with van der Waals surface area (Å²) < 4.78 is 7.59. The van der Waals surface area contributed by atoms with Crippen LogP contribution in [-0.4, -0.2) is 64.3 Å². The van der Waals surface area contributed by atoms with Gasteiger partial charge >= 0.3 is 0 Å². The molecule has 3 rings (SSSR count). The first-order chi connectivity index (χ1) is 11.1. The Bertz CT molecular complexity index is 563. The third-order valence-corrected chi connectivity index (χ3v) is 5.15. The summed E-state index contributed by atoms with van der Waals surface area (Å²) in [5.41, 5.74) is 1.80. The van der Waals surface area contributed by atoms with Crippen molar-refractivity contribution in [1.82, 2.24) is 19.6 Å². The number of carbonyl (C=O) groups is 1. The van der Waals surface area contributed by atoms with Crippen LogP contribution in [0.4, 0.5) is 0 Å². The van der Waals surface area contributed by atoms with Gasteiger partial charge in [0.15, 0.2) is 12.4 Å². The van der Waals surface area contributed by atoms with Crippen LogP contribution in [0, 0.1) is 13.8 Å². The van der Waals surface area contributed by atoms with Crippen molar-refractivity contribution < 1.29 is 9.53 Å². The van der Waals surface area contributed by atoms with Crippen molar-refractivity contribution in [3.8, 4) is 5.75 Å². The van der Waals surface area contributed by atoms with Crippen LogP contribution in [0.1, 0.15) is 37.1 Å². The number of hydrogen-bond donors (Lipinski definition) is 0. The van der Waals surface area contributed by atoms with E-state index in [1.165, 1.54) is 25.9 Å². The Morgan fingerprint density at radius 2 is 1.96 bits per heavy atom. The smallest absolute Gasteiger partial charge is 0.260 e. The van der Waals surface area contributed by atoms with E-state index in [0.717, 1.165) is 43.1 Å². The van der Waals surface area contributed by atoms with Gasteiger partial charge in [-0.15, -0.1) is 0 Å². The van der Waals surface area contributed by atoms with Gasteiger partial charge < -0.3 is 14.5 Å². The Labute approximate surface area is 138 Å². The highest BCUT2D eigenvalue weighted by molar-refractivity contribution is 5.78. The van der Waals surface area contributed by atoms with Crippen LogP contribution < -0.4 is 4.74 Å². The Hall–Kier alpha value is -1.56. The summed E-state index contributed by atoms with van der Waals surface area (Å²) in [4.78, 5) is 17.1. The molecule has 3 heterocycles. The van der Waals surface area contributed by atoms with Crippen molar-refractivity contribution in [3.05, 3.63) is 11.4 Å². The lowest BCUT2D eigenvalue weighted by Crippen LogP contribution is -2.44. The number of rotatable bonds is 5. The second-order valence-corrected chi connectivity index (χ2v) is 6.80. The van der Waals surface area contributed by atoms with Crippen LogP contribution in [0.3, 0.4) is 0 Å². The molecule has 1 unspecified atom stereocenters. The summed E-state index contributed by atoms with van der Waals surface area (Å²) in [6, 6.07) is 0.361. The monoisotopic (exact) mass is 320 g/mol. The Morgan fingerprint density at radius 1 is 1.22 bits per heavy atom. The van der Waals surface area contributed by atoms with Crippen molar-refractivity contribution in [2.75, 3.05) is 32.8 Å². The Morgan fingerprint density at radius 3 is 2.61 bits per heavy atom. The summed E-state index contributed by atoms with van der Waals surface area (Å²) in [6.45, 7) is 8.25. The highest BCUT2D eigenvalue weighted by Crippen LogP contribution is 2.23. The second kappa shape index (κ2) is 6.91. The molecule has 1 atom stereocenters. The van der Waals surface area contributed by atoms with E-state index in [2.05, 4.69) is 10.00 Å². The Kier molecular flexibility index (Phi) is 4.90. The average molecular weight is 320 g/mol. The van der Waals surface area contributed by atoms with Gasteiger partial charge in [0, 0.05) is 26.2 Å². The van der Waals surface area contributed by atoms with E-state index < -0.39 is 0 Å². The molecule has 128 valence electrons. The zero-order valence-corrected chi connectivity index (χ0v) is 14.5. The van der Waals surface area contributed by atoms with Crippen molar-refractivity contribution in [3.63, 3.8) is 0 Å². The molecule has 2 aliphatic heterocycles. The molecule has 1 aromatic heterocycles. The van der Waals surface area contributed by atoms with E-state index in [1.807, 2.05) is 25.8 Å². The van der Waals surface area contributed by atoms with Crippen molar-refractivity contribution >= 4 is 5.91 Å². The molecule has 2 fully saturated rings. The first kappa shape index (κ1) is 16.3. The zero-order chi connectivity index (χ0) is 16.4. The third-order valence-electron chi connectivity index (χ3n) is 5.15. The fraction of sp³-hybridized carbons (Fsp3) is 0.765. The minimum Gasteiger partial charge on any atom is -0.480 e. The molecule has 1 amide bonds. The molecule has 0 saturated carbocycles. The number of aromatic nitrogens is 2. The van der Waals surface area contributed by atoms with Gasteiger partial charge in [0.25, 0.3) is 5.91 Å². The number of nitrogens with zero attached hydrogens (tertiary/aromatic N) is 4. The van der Waals surface area contributed by atoms with Gasteiger partial charge in [-0.05, 0) is 52.6 Å². The maximum atomic E-state index is 12.6. The van der Waals surface area contributed by atoms with Crippen LogP contribution in [0.2, 0.25) is 0 Å². The molecule has 0 aliphatic carbocycles. The maximum Gasteiger partial charge on any atom is 0.260 e. The largest absolute Gasteiger partial charge is 0.480 e. The number of ether oxygens (including phenoxy) is 1. The first-order valence-corrected chi connectivity index (χ1v) is 8.71. The normalized spacial score (nSPS) is 22.0. The molecule has 2 saturated heterocycles. The van der Waals surface area contributed by atoms with Gasteiger partial charge in [0.2, 0.25) is 0 Å². The average Bonchev–Trinajstić information content (AvgIpc) is 3.22. The molecule has 0 radical (unpaired) electrons. The molecule has 0 spiro atoms. The lowest BCUT2D eigenvalue weighted by atomic mass is 10.2. The van der Waals surface area contributed by atoms with Gasteiger partial charge in [0.1, 0.15) is 5.69 Å². The van der Waals surface area contributed by atoms with Crippen molar-refractivity contribution in [2.45, 2.75) is 45.6 Å². The highest BCUT2D eigenvalue weighted by atomic mass is 16.5. The highest BCUT2D eigenvalue weighted by Gasteiger charge is 2.31. The molecule has 0 bridgehead atoms. The van der Waals surface area contributed by atoms with Crippen LogP contribution in [0.15, 0.2) is 0 Å². The van der Waals surface area contributed by atoms with Gasteiger partial charge in [0.05, 0.1) is 5.69 Å². The van der Waals surface area contributed by atoms with Gasteiger partial charge in [-0.3, -0.25) is 9.48 Å². The summed E-state index contributed by atoms with van der Waals surface area (Å²) in [7, 11) is 1.89. The summed E-state index contributed by atoms with van der Waals surface area (Å²) >= 11 is 0. The number of hydrogen-bond acceptors (Lipinski definition) is 4. The summed E-state index contributed by atoms with van der Waals surface area (Å²) in [5.74, 6) is 0.852. The van der Waals surface area contributed by atoms with Crippen LogP contribution in [0.25, 0.3) is 0 Å². The van der Waals surface area contributed by atoms with Gasteiger partial charge in [-0.25, -0.2) is 0 Å². The number of aryl methyl sites for hydroxylation is 2. The molecular weight excluding hydrogens is 292 g/mol. The molecule has 6 nitrogen and oxygen atoms in total. The standard InChI is InChI=1S/C17H28N4O2/c1-13-17(14(2)19(3)18-13)23-12-16(22)21-10-6-7-15(21)11-20-8-4-5-9-20/h15H,4-12H2,1-3H3. The van der Waals surface area contributed by atoms with E-state index in [1.54, 1.807) is 4.68 Å². The van der Waals surface area contributed by atoms with E-state index in [9.17, 15) is 4.79 Å². The van der Waals surface area contributed by atoms with Crippen LogP contribution in [0.5, 0.6) is 5.75 Å². The number of amides is 1. The van der Waals surface area contributed by atoms with E-state index in [4.69, 9.17) is 4.74 Å². The fourth-order valence-electron chi connectivity index (χ4n) is 3.80. The van der Waals surface area contributed by atoms with Crippen molar-refractivity contribution in [2.24, 2.45) is 7.05 Å². The summed E-state index contributed by atoms with van der Waals surface area (Å²) in [5, 5.41) is 4.33. The molecule has 0 N–H and O–H groups in total. The lowest BCUT2D eigenvalue weighted by Gasteiger charge is -2.28. The van der Waals surface area contributed by atoms with E-state index >= 15 is 0 Å². The molecule has 6 heteroatoms. The van der Waals surface area contributed by atoms with E-state index in [-0.39, 0.29) is 12.5 Å². The first-order valence-electron chi connectivity index (χ1n) is 8.71. The molecule has 23 heavy (non-hydrogen) atoms. The van der Waals surface area contributed by atoms with Gasteiger partial charge in [-0.2, -0.15) is 5.10 Å². The molecule has 0 aromatic carbocycles. The topological polar surface area (TPSA) is 50.6 Å². The van der Waals surface area contributed by atoms with Crippen LogP contribution >= 0.6 is 0 Å². The van der Waals surface area contributed by atoms with E-state index in [0.29, 0.717) is 6.04 Å². The molecule has 1 aromatic rings. The fourth-order valence-corrected chi connectivity index (χ4v) is 3.80. The predicted octanol–water partition coefficient (Wildman–Crippen LogP) is 1.50. The Balaban J connectivity index is 1.56. The minimum atomic E-state index is 0.106. The predicted molar refractivity (Wildman–Crippen MR) is 88.6 cm³/mol. The van der Waals surface area contributed by atoms with Crippen LogP contribution in [-0.2, 0) is 11.8 Å². The summed E-state index contributed by atoms with van der Waals surface area (Å²) in [6.07, 6.45) is 4.81. The van der Waals surface area contributed by atoms with Crippen molar-refractivity contribution in [1.29, 1.82) is 0 Å². The minimum absolute atomic E-state index is 0.106. The number of carbonyl (C=O) groups excluding carboxylic acids is 1. The maximum absolute atomic E-state index is 12.6. The lowest BCUT2D eigenvalue weighted by molar-refractivity contribution is -0.134. The zero-order valence-electron chi connectivity index (χ0n) is 14.5. The van der Waals surface area contributed by atoms with Gasteiger partial charge in [-0.1, -0.05) is 0 Å². The third kappa shape index (κ3) is 3.52. The number of likely N-dealkylation sites (tertiary alicyclic amines) is 2. The quantitative estimate of drug-likeness (QED) is 0.825.